The summed E-state index contributed by atoms with van der Waals surface area (Å²) in [6, 6.07) is 34.3. The Bertz CT molecular complexity index is 3090. The number of nitrogens with one attached hydrogen (secondary N) is 1. The molecule has 0 bridgehead atoms. The van der Waals surface area contributed by atoms with Crippen molar-refractivity contribution in [2.24, 2.45) is 40.9 Å². The summed E-state index contributed by atoms with van der Waals surface area (Å²) in [5.41, 5.74) is 17.8. The molecule has 0 saturated carbocycles. The van der Waals surface area contributed by atoms with Crippen molar-refractivity contribution in [1.82, 2.24) is 0 Å². The van der Waals surface area contributed by atoms with Gasteiger partial charge in [0.1, 0.15) is 16.3 Å². The van der Waals surface area contributed by atoms with Crippen LogP contribution in [-0.2, 0) is 16.7 Å². The third-order valence-corrected chi connectivity index (χ3v) is 11.1. The highest BCUT2D eigenvalue weighted by Crippen LogP contribution is 2.39. The summed E-state index contributed by atoms with van der Waals surface area (Å²) in [6.45, 7) is 12.1. The van der Waals surface area contributed by atoms with Crippen LogP contribution in [0.15, 0.2) is 161 Å². The van der Waals surface area contributed by atoms with Crippen molar-refractivity contribution in [1.29, 1.82) is 0 Å². The van der Waals surface area contributed by atoms with Gasteiger partial charge in [-0.25, -0.2) is 0 Å². The number of fused-ring (bicyclic) bond motifs is 1. The van der Waals surface area contributed by atoms with Gasteiger partial charge in [0.15, 0.2) is 5.75 Å². The van der Waals surface area contributed by atoms with Gasteiger partial charge in [-0.15, -0.1) is 10.2 Å². The fourth-order valence-electron chi connectivity index (χ4n) is 6.52. The summed E-state index contributed by atoms with van der Waals surface area (Å²) < 4.78 is 33.0. The Morgan fingerprint density at radius 2 is 0.919 bits per heavy atom. The normalized spacial score (nSPS) is 12.2. The van der Waals surface area contributed by atoms with Crippen LogP contribution < -0.4 is 11.1 Å². The first-order valence-electron chi connectivity index (χ1n) is 19.5. The summed E-state index contributed by atoms with van der Waals surface area (Å²) >= 11 is 0. The van der Waals surface area contributed by atoms with Crippen LogP contribution in [0.2, 0.25) is 0 Å². The predicted molar refractivity (Wildman–Crippen MR) is 245 cm³/mol. The van der Waals surface area contributed by atoms with Gasteiger partial charge in [-0.1, -0.05) is 30.3 Å². The SMILES string of the molecule is Cc1cc(N=Nc2cc(C)c(N=Nc3ccc4cc(NCc5ccc(N)cc5)ccc4c3O)cc2C)c(C)cc1N=Nc1cc(C)c(N=Nc2ccccc2S(=O)(=O)O)cc1C. The number of aryl methyl sites for hydroxylation is 6. The molecule has 0 radical (unpaired) electrons. The smallest absolute Gasteiger partial charge is 0.296 e. The lowest BCUT2D eigenvalue weighted by molar-refractivity contribution is 0.482. The summed E-state index contributed by atoms with van der Waals surface area (Å²) in [6.07, 6.45) is 0. The first-order valence-corrected chi connectivity index (χ1v) is 21.0. The number of nitrogen functional groups attached to an aromatic ring is 1. The van der Waals surface area contributed by atoms with Gasteiger partial charge in [0.2, 0.25) is 0 Å². The van der Waals surface area contributed by atoms with Crippen LogP contribution in [0, 0.1) is 41.5 Å². The summed E-state index contributed by atoms with van der Waals surface area (Å²) in [5.74, 6) is 0.0549. The van der Waals surface area contributed by atoms with Crippen molar-refractivity contribution < 1.29 is 18.1 Å². The number of azo groups is 4. The maximum absolute atomic E-state index is 11.7. The number of nitrogens with two attached hydrogens (primary N) is 1. The topological polar surface area (TPSA) is 212 Å². The fourth-order valence-corrected chi connectivity index (χ4v) is 7.15. The molecule has 0 amide bonds. The van der Waals surface area contributed by atoms with Crippen LogP contribution in [0.3, 0.4) is 0 Å². The van der Waals surface area contributed by atoms with Gasteiger partial charge in [-0.3, -0.25) is 4.55 Å². The molecule has 0 aliphatic rings. The Morgan fingerprint density at radius 1 is 0.500 bits per heavy atom. The molecule has 14 nitrogen and oxygen atoms in total. The molecule has 7 aromatic carbocycles. The van der Waals surface area contributed by atoms with E-state index in [0.717, 1.165) is 55.7 Å². The minimum absolute atomic E-state index is 0.0298. The van der Waals surface area contributed by atoms with E-state index in [1.807, 2.05) is 120 Å². The molecule has 5 N–H and O–H groups in total. The molecule has 312 valence electrons. The highest BCUT2D eigenvalue weighted by molar-refractivity contribution is 7.86. The average molecular weight is 845 g/mol. The minimum Gasteiger partial charge on any atom is -0.505 e. The first-order chi connectivity index (χ1) is 29.6. The average Bonchev–Trinajstić information content (AvgIpc) is 3.24. The quantitative estimate of drug-likeness (QED) is 0.0533. The summed E-state index contributed by atoms with van der Waals surface area (Å²) in [4.78, 5) is -0.322. The highest BCUT2D eigenvalue weighted by Gasteiger charge is 2.15. The second-order valence-corrected chi connectivity index (χ2v) is 16.4. The Hall–Kier alpha value is -7.49. The minimum atomic E-state index is -4.46. The second kappa shape index (κ2) is 18.0. The molecule has 0 spiro atoms. The first kappa shape index (κ1) is 42.6. The maximum Gasteiger partial charge on any atom is 0.296 e. The predicted octanol–water partition coefficient (Wildman–Crippen LogP) is 14.5. The van der Waals surface area contributed by atoms with Gasteiger partial charge < -0.3 is 16.2 Å². The Labute approximate surface area is 359 Å². The number of hydrogen-bond acceptors (Lipinski definition) is 13. The lowest BCUT2D eigenvalue weighted by Crippen LogP contribution is -1.99. The molecular weight excluding hydrogens is 801 g/mol. The van der Waals surface area contributed by atoms with E-state index in [1.54, 1.807) is 18.2 Å². The Morgan fingerprint density at radius 3 is 1.37 bits per heavy atom. The van der Waals surface area contributed by atoms with E-state index in [1.165, 1.54) is 18.2 Å². The van der Waals surface area contributed by atoms with Crippen molar-refractivity contribution in [3.63, 3.8) is 0 Å². The van der Waals surface area contributed by atoms with Crippen LogP contribution in [0.1, 0.15) is 38.9 Å². The highest BCUT2D eigenvalue weighted by atomic mass is 32.2. The largest absolute Gasteiger partial charge is 0.505 e. The van der Waals surface area contributed by atoms with Gasteiger partial charge in [-0.2, -0.15) is 39.1 Å². The third-order valence-electron chi connectivity index (χ3n) is 10.2. The van der Waals surface area contributed by atoms with Crippen LogP contribution in [0.4, 0.5) is 56.9 Å². The molecule has 0 aliphatic carbocycles. The van der Waals surface area contributed by atoms with Crippen LogP contribution in [0.25, 0.3) is 10.8 Å². The molecule has 0 atom stereocenters. The lowest BCUT2D eigenvalue weighted by atomic mass is 10.1. The van der Waals surface area contributed by atoms with Crippen molar-refractivity contribution >= 4 is 77.8 Å². The van der Waals surface area contributed by atoms with Crippen LogP contribution in [0.5, 0.6) is 5.75 Å². The van der Waals surface area contributed by atoms with E-state index in [9.17, 15) is 18.1 Å². The second-order valence-electron chi connectivity index (χ2n) is 15.0. The number of hydrogen-bond donors (Lipinski definition) is 4. The number of phenolic OH excluding ortho intramolecular Hbond substituents is 1. The molecule has 0 aliphatic heterocycles. The fraction of sp³-hybridized carbons (Fsp3) is 0.149. The molecule has 0 unspecified atom stereocenters. The van der Waals surface area contributed by atoms with Crippen LogP contribution >= 0.6 is 0 Å². The number of rotatable bonds is 12. The van der Waals surface area contributed by atoms with Gasteiger partial charge in [0.25, 0.3) is 10.1 Å². The van der Waals surface area contributed by atoms with Crippen molar-refractivity contribution in [2.45, 2.75) is 53.0 Å². The Balaban J connectivity index is 1.02. The lowest BCUT2D eigenvalue weighted by Gasteiger charge is -2.10. The van der Waals surface area contributed by atoms with Gasteiger partial charge in [-0.05, 0) is 171 Å². The molecule has 0 heterocycles. The van der Waals surface area contributed by atoms with Gasteiger partial charge in [0, 0.05) is 23.3 Å². The molecule has 0 saturated heterocycles. The third kappa shape index (κ3) is 9.92. The molecule has 7 rings (SSSR count). The zero-order valence-corrected chi connectivity index (χ0v) is 35.8. The number of aromatic hydroxyl groups is 1. The molecule has 0 aromatic heterocycles. The van der Waals surface area contributed by atoms with E-state index < -0.39 is 10.1 Å². The van der Waals surface area contributed by atoms with Crippen molar-refractivity contribution in [3.8, 4) is 5.75 Å². The summed E-state index contributed by atoms with van der Waals surface area (Å²) in [7, 11) is -4.46. The molecule has 7 aromatic rings. The van der Waals surface area contributed by atoms with E-state index in [-0.39, 0.29) is 16.3 Å². The van der Waals surface area contributed by atoms with E-state index >= 15 is 0 Å². The number of benzene rings is 7. The number of phenols is 1. The maximum atomic E-state index is 11.7. The molecule has 62 heavy (non-hydrogen) atoms. The van der Waals surface area contributed by atoms with E-state index in [2.05, 4.69) is 46.2 Å². The number of anilines is 2. The number of nitrogens with zero attached hydrogens (tertiary/aromatic N) is 8. The standard InChI is InChI=1S/C47H44N10O4S/c1-27-21-42(29(3)19-40(27)52-50-38-9-7-8-10-46(38)62(59,60)61)54-56-44-23-32(6)45(24-31(44)5)57-55-43-22-28(2)41(20-30(43)4)53-51-39-18-13-34-25-36(16-17-37(34)47(39)58)49-26-33-11-14-35(48)15-12-33/h7-25,49,58H,26,48H2,1-6H3,(H,59,60,61). The van der Waals surface area contributed by atoms with Gasteiger partial charge in [0.05, 0.1) is 34.1 Å². The van der Waals surface area contributed by atoms with E-state index in [0.29, 0.717) is 51.7 Å². The summed E-state index contributed by atoms with van der Waals surface area (Å²) in [5, 5.41) is 51.5. The zero-order chi connectivity index (χ0) is 44.1. The van der Waals surface area contributed by atoms with Crippen LogP contribution in [-0.4, -0.2) is 18.1 Å². The molecule has 0 fully saturated rings. The monoisotopic (exact) mass is 844 g/mol. The Kier molecular flexibility index (Phi) is 12.4. The van der Waals surface area contributed by atoms with Gasteiger partial charge >= 0.3 is 0 Å². The molecular formula is C47H44N10O4S. The zero-order valence-electron chi connectivity index (χ0n) is 35.0. The van der Waals surface area contributed by atoms with E-state index in [4.69, 9.17) is 5.73 Å². The van der Waals surface area contributed by atoms with Crippen molar-refractivity contribution in [3.05, 3.63) is 154 Å². The van der Waals surface area contributed by atoms with Crippen molar-refractivity contribution in [2.75, 3.05) is 11.1 Å². The molecule has 15 heteroatoms.